The summed E-state index contributed by atoms with van der Waals surface area (Å²) in [6, 6.07) is 11.7. The van der Waals surface area contributed by atoms with Crippen LogP contribution in [0.25, 0.3) is 0 Å². The average molecular weight is 415 g/mol. The van der Waals surface area contributed by atoms with Crippen molar-refractivity contribution in [1.82, 2.24) is 0 Å². The van der Waals surface area contributed by atoms with Crippen molar-refractivity contribution in [3.63, 3.8) is 0 Å². The first-order valence-corrected chi connectivity index (χ1v) is 9.20. The number of esters is 1. The Balaban J connectivity index is 2.48. The van der Waals surface area contributed by atoms with E-state index in [0.29, 0.717) is 5.56 Å². The molecule has 0 saturated heterocycles. The number of nitrogens with zero attached hydrogens (tertiary/aromatic N) is 1. The lowest BCUT2D eigenvalue weighted by Crippen LogP contribution is -2.38. The molecule has 0 amide bonds. The predicted octanol–water partition coefficient (Wildman–Crippen LogP) is 4.02. The molecule has 7 nitrogen and oxygen atoms in total. The number of ether oxygens (including phenoxy) is 1. The highest BCUT2D eigenvalue weighted by Crippen LogP contribution is 2.26. The average Bonchev–Trinajstić information content (AvgIpc) is 2.66. The lowest BCUT2D eigenvalue weighted by Gasteiger charge is -2.23. The van der Waals surface area contributed by atoms with E-state index in [2.05, 4.69) is 0 Å². The molecule has 0 aromatic heterocycles. The quantitative estimate of drug-likeness (QED) is 0.212. The van der Waals surface area contributed by atoms with Gasteiger partial charge in [-0.3, -0.25) is 24.5 Å². The molecule has 0 fully saturated rings. The number of hydrogen-bond donors (Lipinski definition) is 0. The Hall–Kier alpha value is -3.42. The second-order valence-electron chi connectivity index (χ2n) is 7.70. The van der Waals surface area contributed by atoms with E-state index < -0.39 is 51.9 Å². The minimum Gasteiger partial charge on any atom is -0.459 e. The van der Waals surface area contributed by atoms with E-state index in [9.17, 15) is 28.9 Å². The van der Waals surface area contributed by atoms with Crippen LogP contribution >= 0.6 is 0 Å². The first-order valence-electron chi connectivity index (χ1n) is 9.20. The number of nitro benzene ring substituents is 1. The van der Waals surface area contributed by atoms with Gasteiger partial charge in [-0.15, -0.1) is 0 Å². The zero-order chi connectivity index (χ0) is 22.5. The normalized spacial score (nSPS) is 12.1. The van der Waals surface area contributed by atoms with Gasteiger partial charge in [0.2, 0.25) is 0 Å². The molecule has 1 atom stereocenters. The Bertz CT molecular complexity index is 965. The number of rotatable bonds is 8. The van der Waals surface area contributed by atoms with E-state index in [1.54, 1.807) is 51.1 Å². The molecule has 0 heterocycles. The number of hydrogen-bond acceptors (Lipinski definition) is 6. The molecule has 0 spiro atoms. The van der Waals surface area contributed by atoms with Gasteiger partial charge in [0.05, 0.1) is 10.5 Å². The molecule has 0 aliphatic rings. The van der Waals surface area contributed by atoms with Gasteiger partial charge in [0.25, 0.3) is 5.69 Å². The largest absolute Gasteiger partial charge is 0.459 e. The van der Waals surface area contributed by atoms with Crippen LogP contribution in [0.4, 0.5) is 10.1 Å². The second-order valence-corrected chi connectivity index (χ2v) is 7.70. The summed E-state index contributed by atoms with van der Waals surface area (Å²) in [7, 11) is 0. The number of halogens is 1. The van der Waals surface area contributed by atoms with Gasteiger partial charge in [-0.2, -0.15) is 0 Å². The van der Waals surface area contributed by atoms with Crippen molar-refractivity contribution < 1.29 is 28.4 Å². The summed E-state index contributed by atoms with van der Waals surface area (Å²) in [6.07, 6.45) is -0.229. The first-order chi connectivity index (χ1) is 14.0. The minimum absolute atomic E-state index is 0.00248. The summed E-state index contributed by atoms with van der Waals surface area (Å²) < 4.78 is 18.1. The lowest BCUT2D eigenvalue weighted by molar-refractivity contribution is -0.385. The van der Waals surface area contributed by atoms with E-state index in [1.165, 1.54) is 6.07 Å². The maximum atomic E-state index is 13.1. The number of nitro groups is 1. The van der Waals surface area contributed by atoms with Gasteiger partial charge >= 0.3 is 5.97 Å². The zero-order valence-electron chi connectivity index (χ0n) is 16.9. The van der Waals surface area contributed by atoms with Crippen LogP contribution in [0.15, 0.2) is 48.5 Å². The number of carbonyl (C=O) groups is 3. The molecule has 8 heteroatoms. The van der Waals surface area contributed by atoms with Gasteiger partial charge in [-0.1, -0.05) is 36.4 Å². The van der Waals surface area contributed by atoms with Crippen molar-refractivity contribution in [2.45, 2.75) is 39.5 Å². The molecule has 0 N–H and O–H groups in total. The van der Waals surface area contributed by atoms with Gasteiger partial charge in [0, 0.05) is 12.5 Å². The van der Waals surface area contributed by atoms with Gasteiger partial charge in [0.15, 0.2) is 17.5 Å². The Morgan fingerprint density at radius 3 is 2.23 bits per heavy atom. The highest BCUT2D eigenvalue weighted by molar-refractivity contribution is 6.23. The van der Waals surface area contributed by atoms with E-state index >= 15 is 0 Å². The summed E-state index contributed by atoms with van der Waals surface area (Å²) >= 11 is 0. The molecule has 0 aliphatic heterocycles. The third-order valence-corrected chi connectivity index (χ3v) is 4.13. The van der Waals surface area contributed by atoms with E-state index in [-0.39, 0.29) is 12.0 Å². The highest BCUT2D eigenvalue weighted by Gasteiger charge is 2.40. The lowest BCUT2D eigenvalue weighted by atomic mass is 9.89. The monoisotopic (exact) mass is 415 g/mol. The fourth-order valence-electron chi connectivity index (χ4n) is 2.82. The molecule has 158 valence electrons. The van der Waals surface area contributed by atoms with Gasteiger partial charge in [-0.05, 0) is 38.0 Å². The summed E-state index contributed by atoms with van der Waals surface area (Å²) in [6.45, 7) is 3.77. The highest BCUT2D eigenvalue weighted by atomic mass is 19.1. The first kappa shape index (κ1) is 22.9. The van der Waals surface area contributed by atoms with Crippen LogP contribution in [-0.2, 0) is 27.4 Å². The fourth-order valence-corrected chi connectivity index (χ4v) is 2.82. The van der Waals surface area contributed by atoms with Crippen LogP contribution < -0.4 is 0 Å². The summed E-state index contributed by atoms with van der Waals surface area (Å²) in [4.78, 5) is 49.3. The number of benzene rings is 2. The number of carbonyl (C=O) groups excluding carboxylic acids is 3. The van der Waals surface area contributed by atoms with Gasteiger partial charge in [-0.25, -0.2) is 4.39 Å². The van der Waals surface area contributed by atoms with Crippen LogP contribution in [0.2, 0.25) is 0 Å². The Kier molecular flexibility index (Phi) is 7.15. The molecular formula is C22H22FNO6. The zero-order valence-corrected chi connectivity index (χ0v) is 16.9. The molecule has 0 bridgehead atoms. The molecule has 0 aliphatic carbocycles. The number of ketones is 2. The Morgan fingerprint density at radius 2 is 1.70 bits per heavy atom. The molecule has 0 saturated carbocycles. The van der Waals surface area contributed by atoms with Crippen molar-refractivity contribution >= 4 is 23.2 Å². The topological polar surface area (TPSA) is 104 Å². The molecule has 0 radical (unpaired) electrons. The Labute approximate surface area is 173 Å². The second kappa shape index (κ2) is 9.39. The van der Waals surface area contributed by atoms with Crippen molar-refractivity contribution in [2.75, 3.05) is 0 Å². The summed E-state index contributed by atoms with van der Waals surface area (Å²) in [5.74, 6) is -4.76. The maximum Gasteiger partial charge on any atom is 0.325 e. The minimum atomic E-state index is -1.88. The van der Waals surface area contributed by atoms with Crippen molar-refractivity contribution in [1.29, 1.82) is 0 Å². The molecule has 2 aromatic carbocycles. The third kappa shape index (κ3) is 5.79. The molecule has 30 heavy (non-hydrogen) atoms. The molecular weight excluding hydrogens is 393 g/mol. The van der Waals surface area contributed by atoms with E-state index in [0.717, 1.165) is 12.1 Å². The molecule has 1 unspecified atom stereocenters. The van der Waals surface area contributed by atoms with E-state index in [1.807, 2.05) is 0 Å². The summed E-state index contributed by atoms with van der Waals surface area (Å²) in [5.41, 5.74) is -1.52. The SMILES string of the molecule is CC(C)(C)OC(=O)C(C(=O)Cc1ccccc1)C(=O)c1ccc(CF)cc1[N+](=O)[O-]. The van der Waals surface area contributed by atoms with E-state index in [4.69, 9.17) is 4.74 Å². The van der Waals surface area contributed by atoms with Crippen LogP contribution in [0.1, 0.15) is 42.3 Å². The van der Waals surface area contributed by atoms with Gasteiger partial charge in [0.1, 0.15) is 12.3 Å². The van der Waals surface area contributed by atoms with Crippen LogP contribution in [0.3, 0.4) is 0 Å². The van der Waals surface area contributed by atoms with Crippen molar-refractivity contribution in [3.05, 3.63) is 75.3 Å². The fraction of sp³-hybridized carbons (Fsp3) is 0.318. The summed E-state index contributed by atoms with van der Waals surface area (Å²) in [5, 5.41) is 11.4. The van der Waals surface area contributed by atoms with Crippen molar-refractivity contribution in [3.8, 4) is 0 Å². The third-order valence-electron chi connectivity index (χ3n) is 4.13. The maximum absolute atomic E-state index is 13.1. The smallest absolute Gasteiger partial charge is 0.325 e. The van der Waals surface area contributed by atoms with Gasteiger partial charge < -0.3 is 4.74 Å². The van der Waals surface area contributed by atoms with Crippen LogP contribution in [0.5, 0.6) is 0 Å². The van der Waals surface area contributed by atoms with Crippen LogP contribution in [0, 0.1) is 16.0 Å². The Morgan fingerprint density at radius 1 is 1.07 bits per heavy atom. The molecule has 2 rings (SSSR count). The van der Waals surface area contributed by atoms with Crippen molar-refractivity contribution in [2.24, 2.45) is 5.92 Å². The molecule has 2 aromatic rings. The number of Topliss-reactive ketones (excluding diaryl/α,β-unsaturated/α-hetero) is 2. The number of alkyl halides is 1. The standard InChI is InChI=1S/C22H22FNO6/c1-22(2,3)30-21(27)19(18(25)12-14-7-5-4-6-8-14)20(26)16-10-9-15(13-23)11-17(16)24(28)29/h4-11,19H,12-13H2,1-3H3. The van der Waals surface area contributed by atoms with Crippen LogP contribution in [-0.4, -0.2) is 28.1 Å². The predicted molar refractivity (Wildman–Crippen MR) is 107 cm³/mol.